The molecule has 0 radical (unpaired) electrons. The molecule has 0 saturated carbocycles. The zero-order valence-corrected chi connectivity index (χ0v) is 10.0. The summed E-state index contributed by atoms with van der Waals surface area (Å²) < 4.78 is 25.8. The molecule has 1 aromatic rings. The largest absolute Gasteiger partial charge is 0.352 e. The normalized spacial score (nSPS) is 9.53. The molecular formula is C13H12F2N2O2. The van der Waals surface area contributed by atoms with Crippen LogP contribution in [0, 0.1) is 24.0 Å². The Morgan fingerprint density at radius 2 is 1.79 bits per heavy atom. The monoisotopic (exact) mass is 266 g/mol. The molecule has 0 heterocycles. The van der Waals surface area contributed by atoms with E-state index in [-0.39, 0.29) is 31.0 Å². The maximum atomic E-state index is 12.9. The second-order valence-corrected chi connectivity index (χ2v) is 3.64. The summed E-state index contributed by atoms with van der Waals surface area (Å²) in [5.41, 5.74) is -0.137. The Kier molecular flexibility index (Phi) is 5.48. The summed E-state index contributed by atoms with van der Waals surface area (Å²) in [4.78, 5) is 22.7. The molecule has 0 saturated heterocycles. The third-order valence-electron chi connectivity index (χ3n) is 2.15. The van der Waals surface area contributed by atoms with Crippen molar-refractivity contribution in [2.24, 2.45) is 0 Å². The van der Waals surface area contributed by atoms with Crippen molar-refractivity contribution in [3.05, 3.63) is 35.4 Å². The average Bonchev–Trinajstić information content (AvgIpc) is 2.35. The van der Waals surface area contributed by atoms with Gasteiger partial charge in [-0.25, -0.2) is 8.78 Å². The standard InChI is InChI=1S/C13H12F2N2O2/c1-2-4-16-12(18)3-5-17-13(19)9-6-10(14)8-11(15)7-9/h1,6-8H,3-5H2,(H,16,18)(H,17,19). The lowest BCUT2D eigenvalue weighted by Crippen LogP contribution is -2.30. The Morgan fingerprint density at radius 3 is 2.37 bits per heavy atom. The molecule has 2 amide bonds. The minimum absolute atomic E-state index is 0.0330. The molecule has 0 bridgehead atoms. The molecule has 6 heteroatoms. The second-order valence-electron chi connectivity index (χ2n) is 3.64. The molecule has 2 N–H and O–H groups in total. The Labute approximate surface area is 109 Å². The van der Waals surface area contributed by atoms with E-state index < -0.39 is 17.5 Å². The molecule has 0 aromatic heterocycles. The van der Waals surface area contributed by atoms with Crippen LogP contribution in [0.1, 0.15) is 16.8 Å². The summed E-state index contributed by atoms with van der Waals surface area (Å²) in [5.74, 6) is -0.405. The number of nitrogens with one attached hydrogen (secondary N) is 2. The quantitative estimate of drug-likeness (QED) is 0.776. The van der Waals surface area contributed by atoms with Crippen LogP contribution in [0.25, 0.3) is 0 Å². The lowest BCUT2D eigenvalue weighted by atomic mass is 10.2. The first-order valence-corrected chi connectivity index (χ1v) is 5.47. The first-order chi connectivity index (χ1) is 9.02. The topological polar surface area (TPSA) is 58.2 Å². The number of amides is 2. The molecule has 0 atom stereocenters. The van der Waals surface area contributed by atoms with Gasteiger partial charge < -0.3 is 10.6 Å². The van der Waals surface area contributed by atoms with Crippen LogP contribution < -0.4 is 10.6 Å². The number of terminal acetylenes is 1. The Morgan fingerprint density at radius 1 is 1.16 bits per heavy atom. The van der Waals surface area contributed by atoms with Gasteiger partial charge in [0.2, 0.25) is 5.91 Å². The van der Waals surface area contributed by atoms with Crippen molar-refractivity contribution in [2.45, 2.75) is 6.42 Å². The fraction of sp³-hybridized carbons (Fsp3) is 0.231. The SMILES string of the molecule is C#CCNC(=O)CCNC(=O)c1cc(F)cc(F)c1. The van der Waals surface area contributed by atoms with Crippen LogP contribution >= 0.6 is 0 Å². The van der Waals surface area contributed by atoms with E-state index in [1.807, 2.05) is 0 Å². The van der Waals surface area contributed by atoms with E-state index in [0.717, 1.165) is 12.1 Å². The number of benzene rings is 1. The molecule has 1 rings (SSSR count). The van der Waals surface area contributed by atoms with Crippen LogP contribution in [-0.4, -0.2) is 24.9 Å². The van der Waals surface area contributed by atoms with Gasteiger partial charge in [0.15, 0.2) is 0 Å². The fourth-order valence-electron chi connectivity index (χ4n) is 1.31. The van der Waals surface area contributed by atoms with E-state index in [2.05, 4.69) is 16.6 Å². The maximum absolute atomic E-state index is 12.9. The van der Waals surface area contributed by atoms with E-state index in [4.69, 9.17) is 6.42 Å². The number of hydrogen-bond acceptors (Lipinski definition) is 2. The first kappa shape index (κ1) is 14.6. The lowest BCUT2D eigenvalue weighted by molar-refractivity contribution is -0.120. The predicted octanol–water partition coefficient (Wildman–Crippen LogP) is 0.834. The van der Waals surface area contributed by atoms with Crippen molar-refractivity contribution < 1.29 is 18.4 Å². The van der Waals surface area contributed by atoms with E-state index in [0.29, 0.717) is 6.07 Å². The molecule has 0 aliphatic heterocycles. The average molecular weight is 266 g/mol. The third kappa shape index (κ3) is 5.17. The summed E-state index contributed by atoms with van der Waals surface area (Å²) in [6.45, 7) is 0.162. The van der Waals surface area contributed by atoms with Gasteiger partial charge in [-0.1, -0.05) is 5.92 Å². The number of halogens is 2. The summed E-state index contributed by atoms with van der Waals surface area (Å²) in [5, 5.41) is 4.79. The molecule has 0 fully saturated rings. The van der Waals surface area contributed by atoms with Gasteiger partial charge in [0.05, 0.1) is 6.54 Å². The highest BCUT2D eigenvalue weighted by atomic mass is 19.1. The lowest BCUT2D eigenvalue weighted by Gasteiger charge is -2.05. The Bertz CT molecular complexity index is 504. The van der Waals surface area contributed by atoms with Gasteiger partial charge in [0, 0.05) is 24.6 Å². The van der Waals surface area contributed by atoms with Gasteiger partial charge >= 0.3 is 0 Å². The van der Waals surface area contributed by atoms with Crippen LogP contribution in [0.15, 0.2) is 18.2 Å². The van der Waals surface area contributed by atoms with Gasteiger partial charge in [0.1, 0.15) is 11.6 Å². The number of carbonyl (C=O) groups excluding carboxylic acids is 2. The third-order valence-corrected chi connectivity index (χ3v) is 2.15. The summed E-state index contributed by atoms with van der Waals surface area (Å²) in [7, 11) is 0. The Hall–Kier alpha value is -2.42. The van der Waals surface area contributed by atoms with Crippen LogP contribution in [0.2, 0.25) is 0 Å². The molecule has 1 aromatic carbocycles. The number of rotatable bonds is 5. The van der Waals surface area contributed by atoms with E-state index in [9.17, 15) is 18.4 Å². The fourth-order valence-corrected chi connectivity index (χ4v) is 1.31. The zero-order valence-electron chi connectivity index (χ0n) is 10.0. The summed E-state index contributed by atoms with van der Waals surface area (Å²) >= 11 is 0. The van der Waals surface area contributed by atoms with Crippen LogP contribution in [0.5, 0.6) is 0 Å². The van der Waals surface area contributed by atoms with E-state index in [1.165, 1.54) is 0 Å². The molecule has 0 unspecified atom stereocenters. The van der Waals surface area contributed by atoms with Gasteiger partial charge in [-0.15, -0.1) is 6.42 Å². The first-order valence-electron chi connectivity index (χ1n) is 5.47. The van der Waals surface area contributed by atoms with Gasteiger partial charge in [-0.3, -0.25) is 9.59 Å². The maximum Gasteiger partial charge on any atom is 0.251 e. The predicted molar refractivity (Wildman–Crippen MR) is 65.2 cm³/mol. The molecule has 4 nitrogen and oxygen atoms in total. The van der Waals surface area contributed by atoms with Crippen molar-refractivity contribution in [2.75, 3.05) is 13.1 Å². The van der Waals surface area contributed by atoms with E-state index in [1.54, 1.807) is 0 Å². The molecule has 0 aliphatic carbocycles. The molecular weight excluding hydrogens is 254 g/mol. The Balaban J connectivity index is 2.43. The van der Waals surface area contributed by atoms with Crippen molar-refractivity contribution >= 4 is 11.8 Å². The van der Waals surface area contributed by atoms with Crippen LogP contribution in [0.4, 0.5) is 8.78 Å². The molecule has 0 aliphatic rings. The van der Waals surface area contributed by atoms with Crippen LogP contribution in [-0.2, 0) is 4.79 Å². The highest BCUT2D eigenvalue weighted by Crippen LogP contribution is 2.07. The zero-order chi connectivity index (χ0) is 14.3. The molecule has 0 spiro atoms. The highest BCUT2D eigenvalue weighted by molar-refractivity contribution is 5.94. The molecule has 19 heavy (non-hydrogen) atoms. The van der Waals surface area contributed by atoms with Crippen molar-refractivity contribution in [3.63, 3.8) is 0 Å². The smallest absolute Gasteiger partial charge is 0.251 e. The van der Waals surface area contributed by atoms with Gasteiger partial charge in [0.25, 0.3) is 5.91 Å². The van der Waals surface area contributed by atoms with E-state index >= 15 is 0 Å². The summed E-state index contributed by atoms with van der Waals surface area (Å²) in [6, 6.07) is 2.50. The number of carbonyl (C=O) groups is 2. The second kappa shape index (κ2) is 7.11. The number of hydrogen-bond donors (Lipinski definition) is 2. The van der Waals surface area contributed by atoms with Crippen molar-refractivity contribution in [3.8, 4) is 12.3 Å². The minimum atomic E-state index is -0.836. The van der Waals surface area contributed by atoms with Crippen LogP contribution in [0.3, 0.4) is 0 Å². The van der Waals surface area contributed by atoms with Gasteiger partial charge in [-0.05, 0) is 12.1 Å². The summed E-state index contributed by atoms with van der Waals surface area (Å²) in [6.07, 6.45) is 4.99. The highest BCUT2D eigenvalue weighted by Gasteiger charge is 2.09. The van der Waals surface area contributed by atoms with Gasteiger partial charge in [-0.2, -0.15) is 0 Å². The van der Waals surface area contributed by atoms with Crippen molar-refractivity contribution in [1.29, 1.82) is 0 Å². The minimum Gasteiger partial charge on any atom is -0.352 e. The van der Waals surface area contributed by atoms with Crippen molar-refractivity contribution in [1.82, 2.24) is 10.6 Å². The molecule has 100 valence electrons.